The van der Waals surface area contributed by atoms with Crippen LogP contribution in [-0.2, 0) is 13.0 Å². The molecule has 23 heavy (non-hydrogen) atoms. The number of benzene rings is 1. The molecule has 118 valence electrons. The summed E-state index contributed by atoms with van der Waals surface area (Å²) in [6, 6.07) is 8.32. The third-order valence-corrected chi connectivity index (χ3v) is 4.43. The maximum absolute atomic E-state index is 6.06. The van der Waals surface area contributed by atoms with E-state index in [0.29, 0.717) is 11.5 Å². The average Bonchev–Trinajstić information content (AvgIpc) is 2.91. The molecule has 2 aromatic heterocycles. The maximum atomic E-state index is 6.06. The Labute approximate surface area is 134 Å². The van der Waals surface area contributed by atoms with Gasteiger partial charge < -0.3 is 16.0 Å². The summed E-state index contributed by atoms with van der Waals surface area (Å²) in [6.45, 7) is 3.95. The fraction of sp³-hybridized carbons (Fsp3) is 0.294. The van der Waals surface area contributed by atoms with Crippen molar-refractivity contribution in [2.75, 3.05) is 24.6 Å². The minimum atomic E-state index is 0.607. The number of anilines is 3. The number of likely N-dealkylation sites (N-methyl/N-ethyl adjacent to an activating group) is 1. The van der Waals surface area contributed by atoms with Gasteiger partial charge in [0.2, 0.25) is 0 Å². The number of rotatable bonds is 2. The summed E-state index contributed by atoms with van der Waals surface area (Å²) in [7, 11) is 2.13. The van der Waals surface area contributed by atoms with Gasteiger partial charge in [-0.15, -0.1) is 0 Å². The van der Waals surface area contributed by atoms with E-state index in [1.165, 1.54) is 16.7 Å². The molecule has 4 rings (SSSR count). The highest BCUT2D eigenvalue weighted by molar-refractivity contribution is 5.92. The summed E-state index contributed by atoms with van der Waals surface area (Å²) in [5.41, 5.74) is 11.5. The lowest BCUT2D eigenvalue weighted by molar-refractivity contribution is 0.314. The van der Waals surface area contributed by atoms with Crippen LogP contribution in [0.15, 0.2) is 24.3 Å². The number of aryl methyl sites for hydroxylation is 1. The Bertz CT molecular complexity index is 865. The molecule has 3 aromatic rings. The Kier molecular flexibility index (Phi) is 3.20. The molecule has 0 aliphatic carbocycles. The molecular formula is C17H20N6. The number of aromatic nitrogens is 3. The summed E-state index contributed by atoms with van der Waals surface area (Å²) >= 11 is 0. The summed E-state index contributed by atoms with van der Waals surface area (Å²) < 4.78 is 0. The number of nitrogens with zero attached hydrogens (tertiary/aromatic N) is 3. The molecule has 6 heteroatoms. The summed E-state index contributed by atoms with van der Waals surface area (Å²) in [6.07, 6.45) is 0.956. The highest BCUT2D eigenvalue weighted by atomic mass is 15.2. The number of nitrogens with two attached hydrogens (primary N) is 1. The van der Waals surface area contributed by atoms with Crippen molar-refractivity contribution in [2.24, 2.45) is 0 Å². The van der Waals surface area contributed by atoms with E-state index in [4.69, 9.17) is 10.7 Å². The van der Waals surface area contributed by atoms with Gasteiger partial charge in [0, 0.05) is 24.3 Å². The molecule has 0 radical (unpaired) electrons. The molecular weight excluding hydrogens is 288 g/mol. The first kappa shape index (κ1) is 14.0. The van der Waals surface area contributed by atoms with Crippen molar-refractivity contribution in [3.05, 3.63) is 41.0 Å². The minimum Gasteiger partial charge on any atom is -0.384 e. The second kappa shape index (κ2) is 5.24. The van der Waals surface area contributed by atoms with E-state index < -0.39 is 0 Å². The van der Waals surface area contributed by atoms with E-state index in [1.807, 2.05) is 0 Å². The number of fused-ring (bicyclic) bond motifs is 3. The second-order valence-corrected chi connectivity index (χ2v) is 6.23. The van der Waals surface area contributed by atoms with Crippen LogP contribution >= 0.6 is 0 Å². The first-order valence-electron chi connectivity index (χ1n) is 7.79. The number of aromatic amines is 1. The first-order chi connectivity index (χ1) is 11.1. The number of hydrogen-bond donors (Lipinski definition) is 3. The Morgan fingerprint density at radius 1 is 1.22 bits per heavy atom. The van der Waals surface area contributed by atoms with Gasteiger partial charge in [0.05, 0.1) is 5.39 Å². The minimum absolute atomic E-state index is 0.607. The topological polar surface area (TPSA) is 82.9 Å². The maximum Gasteiger partial charge on any atom is 0.185 e. The molecule has 0 fully saturated rings. The number of nitrogens with one attached hydrogen (secondary N) is 2. The second-order valence-electron chi connectivity index (χ2n) is 6.23. The molecule has 1 aliphatic heterocycles. The van der Waals surface area contributed by atoms with Crippen LogP contribution < -0.4 is 11.1 Å². The molecule has 0 unspecified atom stereocenters. The van der Waals surface area contributed by atoms with Gasteiger partial charge >= 0.3 is 0 Å². The largest absolute Gasteiger partial charge is 0.384 e. The van der Waals surface area contributed by atoms with Gasteiger partial charge in [-0.2, -0.15) is 5.10 Å². The zero-order chi connectivity index (χ0) is 16.0. The molecule has 3 heterocycles. The molecule has 4 N–H and O–H groups in total. The van der Waals surface area contributed by atoms with Crippen molar-refractivity contribution in [3.63, 3.8) is 0 Å². The van der Waals surface area contributed by atoms with Crippen molar-refractivity contribution < 1.29 is 0 Å². The number of H-pyrrole nitrogens is 1. The van der Waals surface area contributed by atoms with Crippen molar-refractivity contribution in [1.29, 1.82) is 0 Å². The molecule has 1 aliphatic rings. The Balaban J connectivity index is 1.85. The van der Waals surface area contributed by atoms with E-state index in [0.717, 1.165) is 36.4 Å². The zero-order valence-electron chi connectivity index (χ0n) is 13.3. The van der Waals surface area contributed by atoms with Gasteiger partial charge in [-0.3, -0.25) is 5.10 Å². The van der Waals surface area contributed by atoms with Crippen molar-refractivity contribution in [3.8, 4) is 0 Å². The highest BCUT2D eigenvalue weighted by Gasteiger charge is 2.23. The van der Waals surface area contributed by atoms with Crippen LogP contribution in [0.2, 0.25) is 0 Å². The van der Waals surface area contributed by atoms with Gasteiger partial charge in [-0.25, -0.2) is 4.98 Å². The molecule has 0 spiro atoms. The molecule has 6 nitrogen and oxygen atoms in total. The lowest BCUT2D eigenvalue weighted by atomic mass is 9.97. The Morgan fingerprint density at radius 2 is 2.00 bits per heavy atom. The predicted molar refractivity (Wildman–Crippen MR) is 92.8 cm³/mol. The van der Waals surface area contributed by atoms with Gasteiger partial charge in [0.25, 0.3) is 0 Å². The number of pyridine rings is 1. The Morgan fingerprint density at radius 3 is 2.78 bits per heavy atom. The molecule has 0 saturated carbocycles. The van der Waals surface area contributed by atoms with E-state index in [1.54, 1.807) is 0 Å². The molecule has 1 aromatic carbocycles. The van der Waals surface area contributed by atoms with Crippen LogP contribution in [-0.4, -0.2) is 33.7 Å². The smallest absolute Gasteiger partial charge is 0.185 e. The zero-order valence-corrected chi connectivity index (χ0v) is 13.3. The van der Waals surface area contributed by atoms with Crippen LogP contribution in [0, 0.1) is 6.92 Å². The van der Waals surface area contributed by atoms with Crippen molar-refractivity contribution >= 4 is 28.4 Å². The molecule has 0 saturated heterocycles. The van der Waals surface area contributed by atoms with E-state index in [-0.39, 0.29) is 0 Å². The lowest BCUT2D eigenvalue weighted by Gasteiger charge is -2.27. The van der Waals surface area contributed by atoms with E-state index in [9.17, 15) is 0 Å². The first-order valence-corrected chi connectivity index (χ1v) is 7.79. The molecule has 0 atom stereocenters. The van der Waals surface area contributed by atoms with Crippen LogP contribution in [0.5, 0.6) is 0 Å². The average molecular weight is 308 g/mol. The highest BCUT2D eigenvalue weighted by Crippen LogP contribution is 2.34. The lowest BCUT2D eigenvalue weighted by Crippen LogP contribution is -2.27. The van der Waals surface area contributed by atoms with E-state index >= 15 is 0 Å². The van der Waals surface area contributed by atoms with Crippen LogP contribution in [0.4, 0.5) is 17.3 Å². The molecule has 0 bridgehead atoms. The molecule has 0 amide bonds. The summed E-state index contributed by atoms with van der Waals surface area (Å²) in [5, 5.41) is 11.5. The number of hydrogen-bond acceptors (Lipinski definition) is 5. The summed E-state index contributed by atoms with van der Waals surface area (Å²) in [5.74, 6) is 1.48. The predicted octanol–water partition coefficient (Wildman–Crippen LogP) is 2.58. The van der Waals surface area contributed by atoms with E-state index in [2.05, 4.69) is 58.7 Å². The van der Waals surface area contributed by atoms with Gasteiger partial charge in [0.1, 0.15) is 11.6 Å². The SMILES string of the molecule is Cc1ccc(Nc2nc3n[nH]c(N)c3c3c2CN(C)CC3)cc1. The quantitative estimate of drug-likeness (QED) is 0.678. The number of nitrogen functional groups attached to an aromatic ring is 1. The van der Waals surface area contributed by atoms with Gasteiger partial charge in [-0.1, -0.05) is 17.7 Å². The monoisotopic (exact) mass is 308 g/mol. The third kappa shape index (κ3) is 2.41. The summed E-state index contributed by atoms with van der Waals surface area (Å²) in [4.78, 5) is 7.00. The third-order valence-electron chi connectivity index (χ3n) is 4.43. The fourth-order valence-corrected chi connectivity index (χ4v) is 3.17. The van der Waals surface area contributed by atoms with Crippen LogP contribution in [0.1, 0.15) is 16.7 Å². The fourth-order valence-electron chi connectivity index (χ4n) is 3.17. The normalized spacial score (nSPS) is 14.9. The Hall–Kier alpha value is -2.60. The van der Waals surface area contributed by atoms with Gasteiger partial charge in [0.15, 0.2) is 5.65 Å². The van der Waals surface area contributed by atoms with Crippen LogP contribution in [0.25, 0.3) is 11.0 Å². The van der Waals surface area contributed by atoms with Crippen molar-refractivity contribution in [1.82, 2.24) is 20.1 Å². The van der Waals surface area contributed by atoms with Gasteiger partial charge in [-0.05, 0) is 38.1 Å². The standard InChI is InChI=1S/C17H20N6/c1-10-3-5-11(6-4-10)19-16-13-9-23(2)8-7-12(13)14-15(18)21-22-17(14)20-16/h3-6H,7-9H2,1-2H3,(H4,18,19,20,21,22). The van der Waals surface area contributed by atoms with Crippen molar-refractivity contribution in [2.45, 2.75) is 19.9 Å². The van der Waals surface area contributed by atoms with Crippen LogP contribution in [0.3, 0.4) is 0 Å².